The van der Waals surface area contributed by atoms with Crippen LogP contribution in [0.4, 0.5) is 0 Å². The Balaban J connectivity index is 1.77. The quantitative estimate of drug-likeness (QED) is 0.0680. The summed E-state index contributed by atoms with van der Waals surface area (Å²) < 4.78 is 0. The van der Waals surface area contributed by atoms with Gasteiger partial charge < -0.3 is 43.2 Å². The van der Waals surface area contributed by atoms with E-state index in [1.807, 2.05) is 54.6 Å². The molecule has 0 aliphatic heterocycles. The minimum absolute atomic E-state index is 0.0728. The average molecular weight is 565 g/mol. The number of H-pyrrole nitrogens is 1. The van der Waals surface area contributed by atoms with Gasteiger partial charge in [-0.25, -0.2) is 0 Å². The maximum absolute atomic E-state index is 13.5. The number of para-hydroxylation sites is 1. The Labute approximate surface area is 236 Å². The normalized spacial score (nSPS) is 13.0. The summed E-state index contributed by atoms with van der Waals surface area (Å²) in [5.74, 6) is -3.19. The number of rotatable bonds is 15. The van der Waals surface area contributed by atoms with Crippen molar-refractivity contribution in [1.82, 2.24) is 20.9 Å². The van der Waals surface area contributed by atoms with Crippen molar-refractivity contribution in [3.63, 3.8) is 0 Å². The van der Waals surface area contributed by atoms with E-state index in [9.17, 15) is 19.2 Å². The van der Waals surface area contributed by atoms with E-state index in [2.05, 4.69) is 25.9 Å². The molecule has 0 spiro atoms. The number of nitrogens with zero attached hydrogens (tertiary/aromatic N) is 1. The van der Waals surface area contributed by atoms with Crippen molar-refractivity contribution >= 4 is 40.6 Å². The predicted molar refractivity (Wildman–Crippen MR) is 155 cm³/mol. The molecule has 218 valence electrons. The zero-order valence-electron chi connectivity index (χ0n) is 22.5. The number of aromatic amines is 1. The second kappa shape index (κ2) is 15.0. The van der Waals surface area contributed by atoms with Crippen LogP contribution in [0, 0.1) is 0 Å². The number of aliphatic carboxylic acids is 1. The lowest BCUT2D eigenvalue weighted by atomic mass is 10.0. The maximum Gasteiger partial charge on any atom is 0.322 e. The largest absolute Gasteiger partial charge is 0.480 e. The number of nitrogens with two attached hydrogens (primary N) is 3. The Morgan fingerprint density at radius 3 is 2.27 bits per heavy atom. The number of aromatic nitrogens is 1. The number of benzene rings is 2. The molecule has 41 heavy (non-hydrogen) atoms. The van der Waals surface area contributed by atoms with Crippen molar-refractivity contribution in [1.29, 1.82) is 0 Å². The summed E-state index contributed by atoms with van der Waals surface area (Å²) in [5, 5.41) is 17.6. The zero-order chi connectivity index (χ0) is 29.8. The number of carbonyl (C=O) groups excluding carboxylic acids is 3. The fourth-order valence-electron chi connectivity index (χ4n) is 4.30. The van der Waals surface area contributed by atoms with Crippen molar-refractivity contribution in [3.8, 4) is 0 Å². The third kappa shape index (κ3) is 9.65. The van der Waals surface area contributed by atoms with Gasteiger partial charge in [0, 0.05) is 30.1 Å². The van der Waals surface area contributed by atoms with Gasteiger partial charge in [0.2, 0.25) is 17.7 Å². The summed E-state index contributed by atoms with van der Waals surface area (Å²) in [5.41, 5.74) is 19.4. The first-order valence-corrected chi connectivity index (χ1v) is 13.1. The molecule has 0 aliphatic carbocycles. The van der Waals surface area contributed by atoms with Crippen LogP contribution in [-0.4, -0.2) is 71.0 Å². The van der Waals surface area contributed by atoms with Crippen molar-refractivity contribution in [2.45, 2.75) is 43.8 Å². The summed E-state index contributed by atoms with van der Waals surface area (Å²) >= 11 is 0. The number of guanidine groups is 1. The van der Waals surface area contributed by atoms with Crippen LogP contribution >= 0.6 is 0 Å². The van der Waals surface area contributed by atoms with E-state index >= 15 is 0 Å². The third-order valence-corrected chi connectivity index (χ3v) is 6.36. The molecule has 0 radical (unpaired) electrons. The van der Waals surface area contributed by atoms with Crippen LogP contribution in [-0.2, 0) is 32.0 Å². The van der Waals surface area contributed by atoms with Crippen LogP contribution in [0.2, 0.25) is 0 Å². The summed E-state index contributed by atoms with van der Waals surface area (Å²) in [6, 6.07) is 13.6. The predicted octanol–water partition coefficient (Wildman–Crippen LogP) is -0.496. The second-order valence-electron chi connectivity index (χ2n) is 9.54. The molecule has 3 amide bonds. The highest BCUT2D eigenvalue weighted by molar-refractivity contribution is 5.94. The van der Waals surface area contributed by atoms with Crippen molar-refractivity contribution in [2.75, 3.05) is 13.1 Å². The minimum atomic E-state index is -1.23. The van der Waals surface area contributed by atoms with Gasteiger partial charge in [0.15, 0.2) is 5.96 Å². The molecule has 0 bridgehead atoms. The third-order valence-electron chi connectivity index (χ3n) is 6.36. The first kappa shape index (κ1) is 30.6. The number of carboxylic acids is 1. The van der Waals surface area contributed by atoms with Crippen LogP contribution in [0.3, 0.4) is 0 Å². The number of carboxylic acid groups (broad SMARTS) is 1. The van der Waals surface area contributed by atoms with Crippen LogP contribution in [0.5, 0.6) is 0 Å². The number of hydrogen-bond donors (Lipinski definition) is 8. The summed E-state index contributed by atoms with van der Waals surface area (Å²) in [7, 11) is 0. The summed E-state index contributed by atoms with van der Waals surface area (Å²) in [4.78, 5) is 57.5. The maximum atomic E-state index is 13.5. The molecule has 0 aliphatic rings. The van der Waals surface area contributed by atoms with E-state index in [0.29, 0.717) is 6.42 Å². The second-order valence-corrected chi connectivity index (χ2v) is 9.54. The molecule has 2 aromatic carbocycles. The summed E-state index contributed by atoms with van der Waals surface area (Å²) in [6.07, 6.45) is 2.57. The highest BCUT2D eigenvalue weighted by Crippen LogP contribution is 2.19. The fraction of sp³-hybridized carbons (Fsp3) is 0.321. The van der Waals surface area contributed by atoms with Gasteiger partial charge in [-0.05, 0) is 36.5 Å². The molecule has 3 rings (SSSR count). The fourth-order valence-corrected chi connectivity index (χ4v) is 4.30. The van der Waals surface area contributed by atoms with Crippen molar-refractivity contribution in [2.24, 2.45) is 22.2 Å². The van der Waals surface area contributed by atoms with Gasteiger partial charge in [-0.3, -0.25) is 24.2 Å². The van der Waals surface area contributed by atoms with Crippen LogP contribution in [0.25, 0.3) is 10.9 Å². The molecule has 3 aromatic rings. The van der Waals surface area contributed by atoms with Gasteiger partial charge in [0.25, 0.3) is 0 Å². The molecule has 3 atom stereocenters. The number of amides is 3. The van der Waals surface area contributed by atoms with Crippen LogP contribution in [0.15, 0.2) is 65.8 Å². The molecular formula is C28H36N8O5. The van der Waals surface area contributed by atoms with E-state index in [-0.39, 0.29) is 31.8 Å². The molecule has 0 saturated carbocycles. The molecule has 0 saturated heterocycles. The first-order valence-electron chi connectivity index (χ1n) is 13.1. The number of fused-ring (bicyclic) bond motifs is 1. The molecule has 1 aromatic heterocycles. The first-order chi connectivity index (χ1) is 19.6. The molecule has 13 heteroatoms. The standard InChI is InChI=1S/C28H36N8O5/c29-20(13-17-7-2-1-3-8-17)25(39)35-22(11-6-12-32-28(30)31)27(41)36-23(26(40)34-16-24(37)38)14-18-15-33-21-10-5-4-9-19(18)21/h1-5,7-10,15,20,22-23,33H,6,11-14,16,29H2,(H,34,40)(H,35,39)(H,36,41)(H,37,38)(H4,30,31,32)/t20-,22-,23-/m0/s1. The molecule has 1 heterocycles. The molecule has 0 fully saturated rings. The van der Waals surface area contributed by atoms with Crippen molar-refractivity contribution in [3.05, 3.63) is 71.9 Å². The lowest BCUT2D eigenvalue weighted by molar-refractivity contribution is -0.138. The molecule has 13 nitrogen and oxygen atoms in total. The Kier molecular flexibility index (Phi) is 11.2. The average Bonchev–Trinajstić information content (AvgIpc) is 3.35. The van der Waals surface area contributed by atoms with E-state index in [0.717, 1.165) is 22.0 Å². The number of carbonyl (C=O) groups is 4. The Morgan fingerprint density at radius 1 is 0.878 bits per heavy atom. The smallest absolute Gasteiger partial charge is 0.322 e. The Hall–Kier alpha value is -4.91. The lowest BCUT2D eigenvalue weighted by Crippen LogP contribution is -2.56. The van der Waals surface area contributed by atoms with E-state index < -0.39 is 48.4 Å². The lowest BCUT2D eigenvalue weighted by Gasteiger charge is -2.24. The van der Waals surface area contributed by atoms with Gasteiger partial charge >= 0.3 is 5.97 Å². The molecule has 0 unspecified atom stereocenters. The Bertz CT molecular complexity index is 1370. The Morgan fingerprint density at radius 2 is 1.56 bits per heavy atom. The molecular weight excluding hydrogens is 528 g/mol. The zero-order valence-corrected chi connectivity index (χ0v) is 22.5. The number of aliphatic imine (C=N–C) groups is 1. The van der Waals surface area contributed by atoms with Crippen LogP contribution < -0.4 is 33.2 Å². The monoisotopic (exact) mass is 564 g/mol. The van der Waals surface area contributed by atoms with Gasteiger partial charge in [-0.15, -0.1) is 0 Å². The highest BCUT2D eigenvalue weighted by Gasteiger charge is 2.29. The van der Waals surface area contributed by atoms with E-state index in [1.165, 1.54) is 0 Å². The minimum Gasteiger partial charge on any atom is -0.480 e. The van der Waals surface area contributed by atoms with Gasteiger partial charge in [0.1, 0.15) is 18.6 Å². The van der Waals surface area contributed by atoms with Gasteiger partial charge in [-0.2, -0.15) is 0 Å². The van der Waals surface area contributed by atoms with Gasteiger partial charge in [0.05, 0.1) is 6.04 Å². The number of hydrogen-bond acceptors (Lipinski definition) is 6. The van der Waals surface area contributed by atoms with Gasteiger partial charge in [-0.1, -0.05) is 48.5 Å². The topological polar surface area (TPSA) is 231 Å². The van der Waals surface area contributed by atoms with Crippen molar-refractivity contribution < 1.29 is 24.3 Å². The SMILES string of the molecule is NC(N)=NCCC[C@H](NC(=O)[C@@H](N)Cc1ccccc1)C(=O)N[C@@H](Cc1c[nH]c2ccccc12)C(=O)NCC(=O)O. The highest BCUT2D eigenvalue weighted by atomic mass is 16.4. The molecule has 11 N–H and O–H groups in total. The number of nitrogens with one attached hydrogen (secondary N) is 4. The van der Waals surface area contributed by atoms with Crippen LogP contribution in [0.1, 0.15) is 24.0 Å². The van der Waals surface area contributed by atoms with E-state index in [1.54, 1.807) is 6.20 Å². The van der Waals surface area contributed by atoms with E-state index in [4.69, 9.17) is 22.3 Å². The summed E-state index contributed by atoms with van der Waals surface area (Å²) in [6.45, 7) is -0.401.